The predicted molar refractivity (Wildman–Crippen MR) is 118 cm³/mol. The molecule has 3 heterocycles. The van der Waals surface area contributed by atoms with Crippen LogP contribution in [0.5, 0.6) is 0 Å². The Bertz CT molecular complexity index is 1270. The predicted octanol–water partition coefficient (Wildman–Crippen LogP) is 4.79. The van der Waals surface area contributed by atoms with Gasteiger partial charge < -0.3 is 4.90 Å². The molecule has 162 valence electrons. The van der Waals surface area contributed by atoms with Crippen LogP contribution in [-0.2, 0) is 13.1 Å². The Labute approximate surface area is 186 Å². The van der Waals surface area contributed by atoms with Crippen LogP contribution in [0.25, 0.3) is 22.4 Å². The summed E-state index contributed by atoms with van der Waals surface area (Å²) >= 11 is 0. The third-order valence-corrected chi connectivity index (χ3v) is 6.75. The number of hydrogen-bond acceptors (Lipinski definition) is 4. The van der Waals surface area contributed by atoms with Gasteiger partial charge in [-0.25, -0.2) is 9.37 Å². The molecule has 32 heavy (non-hydrogen) atoms. The molecule has 3 aromatic rings. The van der Waals surface area contributed by atoms with Crippen LogP contribution < -0.4 is 0 Å². The van der Waals surface area contributed by atoms with Gasteiger partial charge in [0.2, 0.25) is 0 Å². The third-order valence-electron chi connectivity index (χ3n) is 6.75. The molecule has 1 saturated carbocycles. The number of fused-ring (bicyclic) bond motifs is 1. The maximum Gasteiger partial charge on any atom is 0.254 e. The van der Waals surface area contributed by atoms with E-state index in [0.717, 1.165) is 17.7 Å². The molecule has 1 aliphatic carbocycles. The second kappa shape index (κ2) is 7.56. The van der Waals surface area contributed by atoms with E-state index in [2.05, 4.69) is 17.0 Å². The number of carbonyl (C=O) groups is 1. The Balaban J connectivity index is 1.58. The van der Waals surface area contributed by atoms with Crippen molar-refractivity contribution in [2.24, 2.45) is 5.41 Å². The molecule has 2 aliphatic rings. The van der Waals surface area contributed by atoms with Crippen LogP contribution in [0.1, 0.15) is 54.2 Å². The second-order valence-electron chi connectivity index (χ2n) is 9.30. The van der Waals surface area contributed by atoms with Gasteiger partial charge in [-0.2, -0.15) is 10.4 Å². The minimum Gasteiger partial charge on any atom is -0.337 e. The molecular weight excluding hydrogens is 405 g/mol. The van der Waals surface area contributed by atoms with Crippen molar-refractivity contribution in [3.05, 3.63) is 59.3 Å². The number of hydrogen-bond donors (Lipinski definition) is 0. The summed E-state index contributed by atoms with van der Waals surface area (Å²) in [5.74, 6) is -0.720. The number of aromatic nitrogens is 3. The Morgan fingerprint density at radius 1 is 1.19 bits per heavy atom. The van der Waals surface area contributed by atoms with E-state index < -0.39 is 5.82 Å². The zero-order valence-corrected chi connectivity index (χ0v) is 18.2. The molecular formula is C25H24FN5O. The van der Waals surface area contributed by atoms with Crippen LogP contribution in [0.2, 0.25) is 0 Å². The fourth-order valence-corrected chi connectivity index (χ4v) is 4.97. The molecule has 1 aromatic carbocycles. The van der Waals surface area contributed by atoms with E-state index >= 15 is 0 Å². The summed E-state index contributed by atoms with van der Waals surface area (Å²) in [4.78, 5) is 18.5. The largest absolute Gasteiger partial charge is 0.337 e. The smallest absolute Gasteiger partial charge is 0.254 e. The average molecular weight is 429 g/mol. The van der Waals surface area contributed by atoms with E-state index in [9.17, 15) is 14.4 Å². The molecule has 0 radical (unpaired) electrons. The van der Waals surface area contributed by atoms with Crippen molar-refractivity contribution >= 4 is 5.91 Å². The summed E-state index contributed by atoms with van der Waals surface area (Å²) < 4.78 is 16.5. The number of halogens is 1. The molecule has 5 rings (SSSR count). The molecule has 2 aromatic heterocycles. The van der Waals surface area contributed by atoms with Crippen LogP contribution in [0.15, 0.2) is 36.7 Å². The molecule has 0 saturated heterocycles. The van der Waals surface area contributed by atoms with Crippen molar-refractivity contribution in [3.63, 3.8) is 0 Å². The number of benzene rings is 1. The Kier molecular flexibility index (Phi) is 4.81. The standard InChI is InChI=1S/C25H24FN5O/c1-25(7-3-4-8-25)15-31-14-18(12-28-31)19-10-21(26)22(11-27)29-23(19)16-5-6-17-13-30(2)24(32)20(17)9-16/h5-6,9-10,12,14H,3-4,7-8,13,15H2,1-2H3. The molecule has 7 heteroatoms. The lowest BCUT2D eigenvalue weighted by Crippen LogP contribution is -2.19. The van der Waals surface area contributed by atoms with E-state index in [1.807, 2.05) is 29.1 Å². The lowest BCUT2D eigenvalue weighted by atomic mass is 9.89. The number of nitriles is 1. The van der Waals surface area contributed by atoms with Gasteiger partial charge in [-0.05, 0) is 36.0 Å². The minimum absolute atomic E-state index is 0.0522. The highest BCUT2D eigenvalue weighted by atomic mass is 19.1. The highest BCUT2D eigenvalue weighted by Gasteiger charge is 2.30. The first-order valence-electron chi connectivity index (χ1n) is 10.9. The molecule has 1 amide bonds. The number of pyridine rings is 1. The van der Waals surface area contributed by atoms with Crippen LogP contribution in [0.3, 0.4) is 0 Å². The van der Waals surface area contributed by atoms with Crippen LogP contribution in [0, 0.1) is 22.6 Å². The lowest BCUT2D eigenvalue weighted by molar-refractivity contribution is 0.0816. The van der Waals surface area contributed by atoms with Gasteiger partial charge in [0.15, 0.2) is 11.5 Å². The molecule has 0 bridgehead atoms. The van der Waals surface area contributed by atoms with Crippen molar-refractivity contribution in [1.29, 1.82) is 5.26 Å². The van der Waals surface area contributed by atoms with E-state index in [-0.39, 0.29) is 17.0 Å². The SMILES string of the molecule is CN1Cc2ccc(-c3nc(C#N)c(F)cc3-c3cnn(CC4(C)CCCC4)c3)cc2C1=O. The monoisotopic (exact) mass is 429 g/mol. The number of amides is 1. The number of carbonyl (C=O) groups excluding carboxylic acids is 1. The fraction of sp³-hybridized carbons (Fsp3) is 0.360. The van der Waals surface area contributed by atoms with Gasteiger partial charge in [0.25, 0.3) is 5.91 Å². The van der Waals surface area contributed by atoms with E-state index in [1.165, 1.54) is 31.7 Å². The molecule has 0 spiro atoms. The first-order chi connectivity index (χ1) is 15.4. The maximum atomic E-state index is 14.6. The Morgan fingerprint density at radius 2 is 1.97 bits per heavy atom. The summed E-state index contributed by atoms with van der Waals surface area (Å²) in [6.45, 7) is 3.66. The number of nitrogens with zero attached hydrogens (tertiary/aromatic N) is 5. The summed E-state index contributed by atoms with van der Waals surface area (Å²) in [7, 11) is 1.76. The summed E-state index contributed by atoms with van der Waals surface area (Å²) in [5.41, 5.74) is 3.97. The molecule has 6 nitrogen and oxygen atoms in total. The first kappa shape index (κ1) is 20.4. The zero-order chi connectivity index (χ0) is 22.5. The zero-order valence-electron chi connectivity index (χ0n) is 18.2. The van der Waals surface area contributed by atoms with Gasteiger partial charge in [-0.3, -0.25) is 9.48 Å². The molecule has 0 atom stereocenters. The Morgan fingerprint density at radius 3 is 2.72 bits per heavy atom. The van der Waals surface area contributed by atoms with Crippen LogP contribution >= 0.6 is 0 Å². The number of rotatable bonds is 4. The van der Waals surface area contributed by atoms with Crippen molar-refractivity contribution in [3.8, 4) is 28.5 Å². The summed E-state index contributed by atoms with van der Waals surface area (Å²) in [5, 5.41) is 13.9. The topological polar surface area (TPSA) is 74.8 Å². The molecule has 0 N–H and O–H groups in total. The van der Waals surface area contributed by atoms with E-state index in [0.29, 0.717) is 28.9 Å². The summed E-state index contributed by atoms with van der Waals surface area (Å²) in [6, 6.07) is 8.74. The van der Waals surface area contributed by atoms with Gasteiger partial charge >= 0.3 is 0 Å². The van der Waals surface area contributed by atoms with Crippen molar-refractivity contribution in [2.75, 3.05) is 7.05 Å². The normalized spacial score (nSPS) is 16.9. The van der Waals surface area contributed by atoms with Crippen molar-refractivity contribution in [2.45, 2.75) is 45.7 Å². The molecule has 0 unspecified atom stereocenters. The molecule has 1 fully saturated rings. The summed E-state index contributed by atoms with van der Waals surface area (Å²) in [6.07, 6.45) is 8.48. The highest BCUT2D eigenvalue weighted by molar-refractivity contribution is 5.99. The fourth-order valence-electron chi connectivity index (χ4n) is 4.97. The Hall–Kier alpha value is -3.53. The van der Waals surface area contributed by atoms with E-state index in [4.69, 9.17) is 0 Å². The van der Waals surface area contributed by atoms with Crippen LogP contribution in [0.4, 0.5) is 4.39 Å². The lowest BCUT2D eigenvalue weighted by Gasteiger charge is -2.22. The maximum absolute atomic E-state index is 14.6. The van der Waals surface area contributed by atoms with Crippen molar-refractivity contribution in [1.82, 2.24) is 19.7 Å². The van der Waals surface area contributed by atoms with E-state index in [1.54, 1.807) is 24.2 Å². The van der Waals surface area contributed by atoms with Gasteiger partial charge in [-0.15, -0.1) is 0 Å². The van der Waals surface area contributed by atoms with Crippen LogP contribution in [-0.4, -0.2) is 32.6 Å². The average Bonchev–Trinajstić information content (AvgIpc) is 3.48. The van der Waals surface area contributed by atoms with Crippen molar-refractivity contribution < 1.29 is 9.18 Å². The highest BCUT2D eigenvalue weighted by Crippen LogP contribution is 2.39. The minimum atomic E-state index is -0.668. The van der Waals surface area contributed by atoms with Gasteiger partial charge in [-0.1, -0.05) is 31.9 Å². The quantitative estimate of drug-likeness (QED) is 0.598. The second-order valence-corrected chi connectivity index (χ2v) is 9.30. The van der Waals surface area contributed by atoms with Gasteiger partial charge in [0.05, 0.1) is 11.9 Å². The first-order valence-corrected chi connectivity index (χ1v) is 10.9. The van der Waals surface area contributed by atoms with Gasteiger partial charge in [0, 0.05) is 48.6 Å². The van der Waals surface area contributed by atoms with Gasteiger partial charge in [0.1, 0.15) is 6.07 Å². The third kappa shape index (κ3) is 3.46. The molecule has 1 aliphatic heterocycles.